The minimum atomic E-state index is -0.311. The van der Waals surface area contributed by atoms with Gasteiger partial charge < -0.3 is 5.11 Å². The molecule has 1 heterocycles. The van der Waals surface area contributed by atoms with Crippen molar-refractivity contribution < 1.29 is 5.11 Å². The Kier molecular flexibility index (Phi) is 3.62. The average Bonchev–Trinajstić information content (AvgIpc) is 2.86. The first-order valence-corrected chi connectivity index (χ1v) is 6.90. The van der Waals surface area contributed by atoms with E-state index in [0.717, 1.165) is 19.3 Å². The lowest BCUT2D eigenvalue weighted by molar-refractivity contribution is 0.154. The number of hydrogen-bond acceptors (Lipinski definition) is 2. The van der Waals surface area contributed by atoms with Gasteiger partial charge in [0.2, 0.25) is 0 Å². The smallest absolute Gasteiger partial charge is 0.105 e. The molecule has 2 aromatic rings. The summed E-state index contributed by atoms with van der Waals surface area (Å²) in [4.78, 5) is 0. The first kappa shape index (κ1) is 12.4. The summed E-state index contributed by atoms with van der Waals surface area (Å²) in [5.74, 6) is 0. The Balaban J connectivity index is 1.69. The van der Waals surface area contributed by atoms with Gasteiger partial charge in [-0.15, -0.1) is 0 Å². The van der Waals surface area contributed by atoms with E-state index in [4.69, 9.17) is 0 Å². The van der Waals surface area contributed by atoms with Crippen LogP contribution in [0.15, 0.2) is 54.6 Å². The number of hydrogen-bond donors (Lipinski definition) is 2. The maximum absolute atomic E-state index is 9.46. The molecule has 3 rings (SSSR count). The molecule has 0 bridgehead atoms. The number of aliphatic hydroxyl groups is 1. The average molecular weight is 253 g/mol. The fourth-order valence-electron chi connectivity index (χ4n) is 2.71. The van der Waals surface area contributed by atoms with Crippen LogP contribution in [0.1, 0.15) is 18.4 Å². The van der Waals surface area contributed by atoms with Crippen molar-refractivity contribution in [1.82, 2.24) is 5.32 Å². The van der Waals surface area contributed by atoms with Crippen molar-refractivity contribution in [2.45, 2.75) is 31.5 Å². The van der Waals surface area contributed by atoms with E-state index in [-0.39, 0.29) is 6.23 Å². The number of benzene rings is 2. The van der Waals surface area contributed by atoms with E-state index in [1.54, 1.807) is 0 Å². The van der Waals surface area contributed by atoms with Gasteiger partial charge in [0.05, 0.1) is 0 Å². The van der Waals surface area contributed by atoms with Gasteiger partial charge in [0.1, 0.15) is 6.23 Å². The van der Waals surface area contributed by atoms with Crippen LogP contribution in [-0.4, -0.2) is 17.4 Å². The van der Waals surface area contributed by atoms with Gasteiger partial charge in [-0.3, -0.25) is 5.32 Å². The summed E-state index contributed by atoms with van der Waals surface area (Å²) in [5.41, 5.74) is 3.83. The SMILES string of the molecule is OC1CCC(Cc2ccc(-c3ccccc3)cc2)N1. The zero-order chi connectivity index (χ0) is 13.1. The molecule has 0 aliphatic carbocycles. The molecule has 1 saturated heterocycles. The second-order valence-electron chi connectivity index (χ2n) is 5.22. The normalized spacial score (nSPS) is 22.6. The Morgan fingerprint density at radius 1 is 0.895 bits per heavy atom. The van der Waals surface area contributed by atoms with Gasteiger partial charge in [0, 0.05) is 6.04 Å². The fraction of sp³-hybridized carbons (Fsp3) is 0.294. The highest BCUT2D eigenvalue weighted by Crippen LogP contribution is 2.21. The third kappa shape index (κ3) is 3.03. The molecule has 0 radical (unpaired) electrons. The van der Waals surface area contributed by atoms with Gasteiger partial charge in [0.25, 0.3) is 0 Å². The number of aliphatic hydroxyl groups excluding tert-OH is 1. The number of nitrogens with one attached hydrogen (secondary N) is 1. The predicted molar refractivity (Wildman–Crippen MR) is 77.7 cm³/mol. The summed E-state index contributed by atoms with van der Waals surface area (Å²) < 4.78 is 0. The van der Waals surface area contributed by atoms with E-state index in [2.05, 4.69) is 53.8 Å². The largest absolute Gasteiger partial charge is 0.379 e. The standard InChI is InChI=1S/C17H19NO/c19-17-11-10-16(18-17)12-13-6-8-15(9-7-13)14-4-2-1-3-5-14/h1-9,16-19H,10-12H2. The molecule has 2 unspecified atom stereocenters. The fourth-order valence-corrected chi connectivity index (χ4v) is 2.71. The van der Waals surface area contributed by atoms with Crippen molar-refractivity contribution in [2.24, 2.45) is 0 Å². The van der Waals surface area contributed by atoms with Crippen LogP contribution in [0, 0.1) is 0 Å². The van der Waals surface area contributed by atoms with Crippen LogP contribution in [0.5, 0.6) is 0 Å². The van der Waals surface area contributed by atoms with E-state index >= 15 is 0 Å². The molecular weight excluding hydrogens is 234 g/mol. The highest BCUT2D eigenvalue weighted by molar-refractivity contribution is 5.63. The van der Waals surface area contributed by atoms with E-state index in [0.29, 0.717) is 6.04 Å². The molecular formula is C17H19NO. The molecule has 2 heteroatoms. The molecule has 19 heavy (non-hydrogen) atoms. The van der Waals surface area contributed by atoms with Crippen molar-refractivity contribution in [3.8, 4) is 11.1 Å². The molecule has 2 atom stereocenters. The molecule has 0 spiro atoms. The van der Waals surface area contributed by atoms with Gasteiger partial charge in [0.15, 0.2) is 0 Å². The molecule has 2 N–H and O–H groups in total. The van der Waals surface area contributed by atoms with Crippen LogP contribution in [-0.2, 0) is 6.42 Å². The molecule has 2 nitrogen and oxygen atoms in total. The van der Waals surface area contributed by atoms with E-state index in [9.17, 15) is 5.11 Å². The van der Waals surface area contributed by atoms with E-state index < -0.39 is 0 Å². The third-order valence-corrected chi connectivity index (χ3v) is 3.76. The Morgan fingerprint density at radius 3 is 2.21 bits per heavy atom. The highest BCUT2D eigenvalue weighted by Gasteiger charge is 2.21. The molecule has 1 aliphatic rings. The lowest BCUT2D eigenvalue weighted by atomic mass is 10.0. The summed E-state index contributed by atoms with van der Waals surface area (Å²) in [6.07, 6.45) is 2.61. The second-order valence-corrected chi connectivity index (χ2v) is 5.22. The van der Waals surface area contributed by atoms with Crippen molar-refractivity contribution in [1.29, 1.82) is 0 Å². The van der Waals surface area contributed by atoms with Crippen LogP contribution in [0.4, 0.5) is 0 Å². The maximum atomic E-state index is 9.46. The number of rotatable bonds is 3. The van der Waals surface area contributed by atoms with Gasteiger partial charge in [-0.1, -0.05) is 54.6 Å². The monoisotopic (exact) mass is 253 g/mol. The summed E-state index contributed by atoms with van der Waals surface area (Å²) in [7, 11) is 0. The third-order valence-electron chi connectivity index (χ3n) is 3.76. The lowest BCUT2D eigenvalue weighted by Gasteiger charge is -2.11. The van der Waals surface area contributed by atoms with E-state index in [1.165, 1.54) is 16.7 Å². The van der Waals surface area contributed by atoms with Gasteiger partial charge >= 0.3 is 0 Å². The molecule has 1 fully saturated rings. The molecule has 98 valence electrons. The minimum absolute atomic E-state index is 0.311. The van der Waals surface area contributed by atoms with Crippen LogP contribution in [0.3, 0.4) is 0 Å². The summed E-state index contributed by atoms with van der Waals surface area (Å²) in [6, 6.07) is 19.6. The zero-order valence-electron chi connectivity index (χ0n) is 10.9. The van der Waals surface area contributed by atoms with Gasteiger partial charge in [-0.2, -0.15) is 0 Å². The van der Waals surface area contributed by atoms with Crippen LogP contribution in [0.2, 0.25) is 0 Å². The quantitative estimate of drug-likeness (QED) is 0.881. The topological polar surface area (TPSA) is 32.3 Å². The molecule has 0 saturated carbocycles. The minimum Gasteiger partial charge on any atom is -0.379 e. The summed E-state index contributed by atoms with van der Waals surface area (Å²) in [5, 5.41) is 12.7. The highest BCUT2D eigenvalue weighted by atomic mass is 16.3. The van der Waals surface area contributed by atoms with Crippen molar-refractivity contribution >= 4 is 0 Å². The first-order valence-electron chi connectivity index (χ1n) is 6.90. The Morgan fingerprint density at radius 2 is 1.58 bits per heavy atom. The zero-order valence-corrected chi connectivity index (χ0v) is 10.9. The van der Waals surface area contributed by atoms with Crippen molar-refractivity contribution in [3.05, 3.63) is 60.2 Å². The van der Waals surface area contributed by atoms with Gasteiger partial charge in [-0.25, -0.2) is 0 Å². The summed E-state index contributed by atoms with van der Waals surface area (Å²) in [6.45, 7) is 0. The Hall–Kier alpha value is -1.64. The molecule has 0 aromatic heterocycles. The first-order chi connectivity index (χ1) is 9.31. The van der Waals surface area contributed by atoms with Crippen molar-refractivity contribution in [3.63, 3.8) is 0 Å². The van der Waals surface area contributed by atoms with Gasteiger partial charge in [-0.05, 0) is 36.0 Å². The Labute approximate surface area is 114 Å². The van der Waals surface area contributed by atoms with Crippen LogP contribution >= 0.6 is 0 Å². The molecule has 0 amide bonds. The van der Waals surface area contributed by atoms with Crippen molar-refractivity contribution in [2.75, 3.05) is 0 Å². The van der Waals surface area contributed by atoms with Crippen LogP contribution < -0.4 is 5.32 Å². The lowest BCUT2D eigenvalue weighted by Crippen LogP contribution is -2.30. The second kappa shape index (κ2) is 5.55. The maximum Gasteiger partial charge on any atom is 0.105 e. The predicted octanol–water partition coefficient (Wildman–Crippen LogP) is 2.97. The van der Waals surface area contributed by atoms with E-state index in [1.807, 2.05) is 6.07 Å². The molecule has 1 aliphatic heterocycles. The van der Waals surface area contributed by atoms with Crippen LogP contribution in [0.25, 0.3) is 11.1 Å². The summed E-state index contributed by atoms with van der Waals surface area (Å²) >= 11 is 0. The Bertz CT molecular complexity index is 521. The molecule has 2 aromatic carbocycles.